The van der Waals surface area contributed by atoms with Crippen LogP contribution in [0.2, 0.25) is 0 Å². The number of anilines is 1. The van der Waals surface area contributed by atoms with Gasteiger partial charge in [-0.25, -0.2) is 10.3 Å². The number of carbonyl (C=O) groups excluding carboxylic acids is 3. The van der Waals surface area contributed by atoms with Gasteiger partial charge in [-0.05, 0) is 53.4 Å². The molecular formula is C33H25N3O3. The van der Waals surface area contributed by atoms with E-state index >= 15 is 0 Å². The number of hydrogen-bond donors (Lipinski definition) is 1. The van der Waals surface area contributed by atoms with E-state index in [4.69, 9.17) is 0 Å². The summed E-state index contributed by atoms with van der Waals surface area (Å²) >= 11 is 0. The summed E-state index contributed by atoms with van der Waals surface area (Å²) in [5.74, 6) is -2.31. The number of nitrogens with one attached hydrogen (secondary N) is 1. The number of hydrazone groups is 1. The lowest BCUT2D eigenvalue weighted by Gasteiger charge is -2.52. The zero-order valence-corrected chi connectivity index (χ0v) is 21.2. The number of imide groups is 1. The molecule has 6 heteroatoms. The molecule has 190 valence electrons. The Morgan fingerprint density at radius 1 is 0.795 bits per heavy atom. The molecule has 0 saturated carbocycles. The van der Waals surface area contributed by atoms with Crippen LogP contribution in [0.4, 0.5) is 5.69 Å². The number of rotatable bonds is 4. The first-order valence-electron chi connectivity index (χ1n) is 13.1. The first-order chi connectivity index (χ1) is 19.0. The molecule has 4 aliphatic rings. The fraction of sp³-hybridized carbons (Fsp3) is 0.152. The van der Waals surface area contributed by atoms with E-state index in [9.17, 15) is 14.4 Å². The normalized spacial score (nSPS) is 24.4. The van der Waals surface area contributed by atoms with Gasteiger partial charge in [0, 0.05) is 17.7 Å². The smallest absolute Gasteiger partial charge is 0.271 e. The van der Waals surface area contributed by atoms with Crippen LogP contribution in [0.3, 0.4) is 0 Å². The minimum atomic E-state index is -1.02. The highest BCUT2D eigenvalue weighted by Crippen LogP contribution is 2.63. The largest absolute Gasteiger partial charge is 0.274 e. The van der Waals surface area contributed by atoms with E-state index in [1.165, 1.54) is 4.90 Å². The maximum atomic E-state index is 14.3. The topological polar surface area (TPSA) is 78.8 Å². The van der Waals surface area contributed by atoms with Gasteiger partial charge in [-0.15, -0.1) is 0 Å². The second-order valence-electron chi connectivity index (χ2n) is 10.4. The lowest BCUT2D eigenvalue weighted by atomic mass is 9.47. The monoisotopic (exact) mass is 511 g/mol. The van der Waals surface area contributed by atoms with E-state index in [-0.39, 0.29) is 23.6 Å². The van der Waals surface area contributed by atoms with Gasteiger partial charge in [-0.1, -0.05) is 84.4 Å². The lowest BCUT2D eigenvalue weighted by molar-refractivity contribution is -0.122. The van der Waals surface area contributed by atoms with Gasteiger partial charge in [0.1, 0.15) is 0 Å². The number of hydrogen-bond acceptors (Lipinski definition) is 4. The van der Waals surface area contributed by atoms with Crippen molar-refractivity contribution in [1.82, 2.24) is 5.43 Å². The summed E-state index contributed by atoms with van der Waals surface area (Å²) in [4.78, 5) is 42.6. The summed E-state index contributed by atoms with van der Waals surface area (Å²) in [5, 5.41) is 4.47. The van der Waals surface area contributed by atoms with Crippen LogP contribution in [0.15, 0.2) is 108 Å². The van der Waals surface area contributed by atoms with E-state index in [1.54, 1.807) is 30.5 Å². The molecule has 0 unspecified atom stereocenters. The minimum absolute atomic E-state index is 0.202. The van der Waals surface area contributed by atoms with Crippen molar-refractivity contribution in [2.24, 2.45) is 16.9 Å². The predicted octanol–water partition coefficient (Wildman–Crippen LogP) is 4.96. The maximum Gasteiger partial charge on any atom is 0.271 e. The van der Waals surface area contributed by atoms with E-state index in [1.807, 2.05) is 85.8 Å². The van der Waals surface area contributed by atoms with Crippen molar-refractivity contribution in [3.63, 3.8) is 0 Å². The first-order valence-corrected chi connectivity index (χ1v) is 13.1. The van der Waals surface area contributed by atoms with Crippen molar-refractivity contribution in [1.29, 1.82) is 0 Å². The standard InChI is InChI=1S/C33H25N3O3/c1-20-15-17-21(18-16-20)30(37)35-34-19-33-25-13-7-5-11-23(25)27(24-12-6-8-14-26(24)33)28-29(33)32(39)36(31(28)38)22-9-3-2-4-10-22/h2-19,27-29H,1H3,(H,35,37)/b34-19-/t27?,28-,29+,33?/m0/s1. The van der Waals surface area contributed by atoms with Gasteiger partial charge in [0.2, 0.25) is 11.8 Å². The Morgan fingerprint density at radius 2 is 1.38 bits per heavy atom. The second-order valence-corrected chi connectivity index (χ2v) is 10.4. The molecule has 1 fully saturated rings. The molecule has 2 bridgehead atoms. The molecule has 1 aliphatic heterocycles. The maximum absolute atomic E-state index is 14.3. The predicted molar refractivity (Wildman–Crippen MR) is 149 cm³/mol. The molecule has 3 aliphatic carbocycles. The van der Waals surface area contributed by atoms with Crippen LogP contribution in [-0.2, 0) is 15.0 Å². The van der Waals surface area contributed by atoms with E-state index in [2.05, 4.69) is 10.5 Å². The number of nitrogens with zero attached hydrogens (tertiary/aromatic N) is 2. The van der Waals surface area contributed by atoms with Gasteiger partial charge in [0.25, 0.3) is 5.91 Å². The zero-order chi connectivity index (χ0) is 26.7. The van der Waals surface area contributed by atoms with Crippen molar-refractivity contribution in [2.45, 2.75) is 18.3 Å². The second kappa shape index (κ2) is 8.60. The van der Waals surface area contributed by atoms with Crippen LogP contribution < -0.4 is 10.3 Å². The van der Waals surface area contributed by atoms with Crippen LogP contribution in [0.1, 0.15) is 44.1 Å². The summed E-state index contributed by atoms with van der Waals surface area (Å²) < 4.78 is 0. The van der Waals surface area contributed by atoms with Crippen LogP contribution in [0.5, 0.6) is 0 Å². The van der Waals surface area contributed by atoms with Gasteiger partial charge >= 0.3 is 0 Å². The molecule has 3 amide bonds. The molecule has 0 aromatic heterocycles. The fourth-order valence-corrected chi connectivity index (χ4v) is 6.84. The summed E-state index contributed by atoms with van der Waals surface area (Å²) in [6.45, 7) is 1.96. The van der Waals surface area contributed by atoms with Crippen molar-refractivity contribution in [3.8, 4) is 0 Å². The van der Waals surface area contributed by atoms with E-state index < -0.39 is 17.3 Å². The molecule has 8 rings (SSSR count). The van der Waals surface area contributed by atoms with Gasteiger partial charge in [0.15, 0.2) is 0 Å². The number of aryl methyl sites for hydroxylation is 1. The molecule has 4 aromatic rings. The highest BCUT2D eigenvalue weighted by Gasteiger charge is 2.68. The van der Waals surface area contributed by atoms with E-state index in [0.29, 0.717) is 11.3 Å². The SMILES string of the molecule is Cc1ccc(C(=O)N/N=C\C23c4ccccc4C(c4ccccc42)[C@@H]2C(=O)N(c4ccccc4)C(=O)[C@@H]23)cc1. The highest BCUT2D eigenvalue weighted by molar-refractivity contribution is 6.25. The van der Waals surface area contributed by atoms with Crippen molar-refractivity contribution >= 4 is 29.6 Å². The van der Waals surface area contributed by atoms with Gasteiger partial charge in [-0.3, -0.25) is 14.4 Å². The minimum Gasteiger partial charge on any atom is -0.274 e. The Bertz CT molecular complexity index is 1630. The average molecular weight is 512 g/mol. The third kappa shape index (κ3) is 3.21. The molecule has 1 N–H and O–H groups in total. The summed E-state index contributed by atoms with van der Waals surface area (Å²) in [7, 11) is 0. The Kier molecular flexibility index (Phi) is 5.13. The molecule has 2 atom stereocenters. The molecule has 4 aromatic carbocycles. The number of para-hydroxylation sites is 1. The molecule has 1 heterocycles. The molecule has 6 nitrogen and oxygen atoms in total. The van der Waals surface area contributed by atoms with Crippen LogP contribution >= 0.6 is 0 Å². The Hall–Kier alpha value is -4.84. The molecule has 0 spiro atoms. The molecule has 0 radical (unpaired) electrons. The quantitative estimate of drug-likeness (QED) is 0.239. The zero-order valence-electron chi connectivity index (χ0n) is 21.2. The Morgan fingerprint density at radius 3 is 2.03 bits per heavy atom. The summed E-state index contributed by atoms with van der Waals surface area (Å²) in [6.07, 6.45) is 1.68. The van der Waals surface area contributed by atoms with Gasteiger partial charge in [-0.2, -0.15) is 5.10 Å². The van der Waals surface area contributed by atoms with Crippen molar-refractivity contribution < 1.29 is 14.4 Å². The van der Waals surface area contributed by atoms with Gasteiger partial charge in [0.05, 0.1) is 22.9 Å². The number of amides is 3. The van der Waals surface area contributed by atoms with Crippen LogP contribution in [0, 0.1) is 18.8 Å². The Labute approximate surface area is 226 Å². The van der Waals surface area contributed by atoms with Crippen LogP contribution in [-0.4, -0.2) is 23.9 Å². The lowest BCUT2D eigenvalue weighted by Crippen LogP contribution is -2.54. The van der Waals surface area contributed by atoms with Crippen LogP contribution in [0.25, 0.3) is 0 Å². The van der Waals surface area contributed by atoms with Crippen molar-refractivity contribution in [3.05, 3.63) is 137 Å². The first kappa shape index (κ1) is 23.3. The molecule has 39 heavy (non-hydrogen) atoms. The Balaban J connectivity index is 1.40. The molecule has 1 saturated heterocycles. The number of benzene rings is 4. The van der Waals surface area contributed by atoms with Crippen molar-refractivity contribution in [2.75, 3.05) is 4.90 Å². The summed E-state index contributed by atoms with van der Waals surface area (Å²) in [6, 6.07) is 32.3. The fourth-order valence-electron chi connectivity index (χ4n) is 6.84. The average Bonchev–Trinajstić information content (AvgIpc) is 3.24. The highest BCUT2D eigenvalue weighted by atomic mass is 16.2. The third-order valence-corrected chi connectivity index (χ3v) is 8.45. The molecular weight excluding hydrogens is 486 g/mol. The van der Waals surface area contributed by atoms with E-state index in [0.717, 1.165) is 27.8 Å². The number of carbonyl (C=O) groups is 3. The van der Waals surface area contributed by atoms with Gasteiger partial charge < -0.3 is 0 Å². The third-order valence-electron chi connectivity index (χ3n) is 8.45. The summed E-state index contributed by atoms with van der Waals surface area (Å²) in [5.41, 5.74) is 7.68.